The molecule has 0 atom stereocenters. The molecule has 3 rings (SSSR count). The van der Waals surface area contributed by atoms with Crippen LogP contribution in [0.15, 0.2) is 41.5 Å². The number of aromatic amines is 1. The molecule has 0 spiro atoms. The van der Waals surface area contributed by atoms with Crippen molar-refractivity contribution in [2.45, 2.75) is 37.3 Å². The van der Waals surface area contributed by atoms with Crippen molar-refractivity contribution in [3.05, 3.63) is 63.8 Å². The largest absolute Gasteiger partial charge is 0.385 e. The van der Waals surface area contributed by atoms with E-state index >= 15 is 0 Å². The van der Waals surface area contributed by atoms with Crippen LogP contribution in [0, 0.1) is 5.82 Å². The number of nitrogens with one attached hydrogen (secondary N) is 2. The molecule has 6 nitrogen and oxygen atoms in total. The summed E-state index contributed by atoms with van der Waals surface area (Å²) in [7, 11) is 0. The van der Waals surface area contributed by atoms with Crippen LogP contribution in [-0.4, -0.2) is 27.3 Å². The molecule has 1 aromatic heterocycles. The summed E-state index contributed by atoms with van der Waals surface area (Å²) in [6.45, 7) is 0. The fourth-order valence-corrected chi connectivity index (χ4v) is 3.09. The minimum atomic E-state index is -1.09. The molecular weight excluding hydrogens is 313 g/mol. The van der Waals surface area contributed by atoms with Crippen molar-refractivity contribution in [3.63, 3.8) is 0 Å². The molecule has 0 unspecified atom stereocenters. The molecule has 1 saturated carbocycles. The zero-order valence-electron chi connectivity index (χ0n) is 13.0. The van der Waals surface area contributed by atoms with E-state index in [1.165, 1.54) is 18.3 Å². The maximum atomic E-state index is 13.4. The summed E-state index contributed by atoms with van der Waals surface area (Å²) in [6, 6.07) is 5.82. The van der Waals surface area contributed by atoms with Crippen LogP contribution in [0.25, 0.3) is 0 Å². The number of aliphatic hydroxyl groups is 1. The van der Waals surface area contributed by atoms with Crippen LogP contribution in [0.4, 0.5) is 4.39 Å². The second-order valence-corrected chi connectivity index (χ2v) is 6.10. The number of benzene rings is 1. The molecule has 0 saturated heterocycles. The van der Waals surface area contributed by atoms with Crippen LogP contribution < -0.4 is 10.7 Å². The first-order chi connectivity index (χ1) is 11.5. The molecular formula is C17H18FN3O3. The molecule has 1 amide bonds. The number of carbonyl (C=O) groups is 1. The topological polar surface area (TPSA) is 95.1 Å². The van der Waals surface area contributed by atoms with Crippen LogP contribution in [0.5, 0.6) is 0 Å². The average Bonchev–Trinajstić information content (AvgIpc) is 2.57. The van der Waals surface area contributed by atoms with Gasteiger partial charge in [-0.25, -0.2) is 4.39 Å². The smallest absolute Gasteiger partial charge is 0.257 e. The first-order valence-electron chi connectivity index (χ1n) is 7.80. The predicted octanol–water partition coefficient (Wildman–Crippen LogP) is 1.47. The van der Waals surface area contributed by atoms with E-state index in [9.17, 15) is 19.1 Å². The number of aromatic nitrogens is 2. The molecule has 1 aliphatic rings. The number of halogens is 1. The number of carbonyl (C=O) groups excluding carboxylic acids is 1. The van der Waals surface area contributed by atoms with Crippen molar-refractivity contribution < 1.29 is 14.3 Å². The van der Waals surface area contributed by atoms with E-state index in [-0.39, 0.29) is 17.4 Å². The minimum absolute atomic E-state index is 0.0102. The van der Waals surface area contributed by atoms with Gasteiger partial charge in [-0.1, -0.05) is 12.1 Å². The van der Waals surface area contributed by atoms with Crippen LogP contribution in [0.2, 0.25) is 0 Å². The monoisotopic (exact) mass is 331 g/mol. The summed E-state index contributed by atoms with van der Waals surface area (Å²) >= 11 is 0. The van der Waals surface area contributed by atoms with E-state index in [2.05, 4.69) is 15.5 Å². The number of amides is 1. The zero-order valence-corrected chi connectivity index (χ0v) is 13.0. The quantitative estimate of drug-likeness (QED) is 0.794. The second kappa shape index (κ2) is 6.52. The average molecular weight is 331 g/mol. The van der Waals surface area contributed by atoms with Crippen molar-refractivity contribution in [1.29, 1.82) is 0 Å². The number of hydrogen-bond donors (Lipinski definition) is 3. The molecule has 1 heterocycles. The highest BCUT2D eigenvalue weighted by Gasteiger charge is 2.35. The van der Waals surface area contributed by atoms with Crippen LogP contribution >= 0.6 is 0 Å². The lowest BCUT2D eigenvalue weighted by Crippen LogP contribution is -2.43. The van der Waals surface area contributed by atoms with E-state index in [0.717, 1.165) is 6.20 Å². The molecule has 0 radical (unpaired) electrons. The lowest BCUT2D eigenvalue weighted by Gasteiger charge is -2.36. The Bertz CT molecular complexity index is 797. The maximum absolute atomic E-state index is 13.4. The van der Waals surface area contributed by atoms with Gasteiger partial charge in [-0.05, 0) is 43.4 Å². The van der Waals surface area contributed by atoms with Crippen LogP contribution in [0.1, 0.15) is 41.6 Å². The van der Waals surface area contributed by atoms with Gasteiger partial charge >= 0.3 is 0 Å². The summed E-state index contributed by atoms with van der Waals surface area (Å²) in [5.41, 5.74) is -0.968. The van der Waals surface area contributed by atoms with Gasteiger partial charge in [0.2, 0.25) is 5.43 Å². The number of rotatable bonds is 3. The summed E-state index contributed by atoms with van der Waals surface area (Å²) in [6.07, 6.45) is 4.23. The third-order valence-corrected chi connectivity index (χ3v) is 4.49. The highest BCUT2D eigenvalue weighted by atomic mass is 19.1. The normalized spacial score (nSPS) is 23.7. The third-order valence-electron chi connectivity index (χ3n) is 4.49. The standard InChI is InChI=1S/C17H18FN3O3/c18-12-3-1-2-11(8-12)17(24)6-4-13(5-7-17)21-16(23)14-9-19-20-10-15(14)22/h1-3,8-10,13,24H,4-7H2,(H,19,22)(H,21,23). The molecule has 2 aromatic rings. The molecule has 7 heteroatoms. The Kier molecular flexibility index (Phi) is 4.44. The lowest BCUT2D eigenvalue weighted by atomic mass is 9.77. The van der Waals surface area contributed by atoms with Crippen LogP contribution in [0.3, 0.4) is 0 Å². The molecule has 1 aromatic carbocycles. The van der Waals surface area contributed by atoms with Crippen molar-refractivity contribution in [2.75, 3.05) is 0 Å². The highest BCUT2D eigenvalue weighted by molar-refractivity contribution is 5.93. The van der Waals surface area contributed by atoms with Gasteiger partial charge in [-0.3, -0.25) is 14.7 Å². The fourth-order valence-electron chi connectivity index (χ4n) is 3.09. The van der Waals surface area contributed by atoms with E-state index in [0.29, 0.717) is 31.2 Å². The SMILES string of the molecule is O=C(NC1CCC(O)(c2cccc(F)c2)CC1)c1c[nH]ncc1=O. The summed E-state index contributed by atoms with van der Waals surface area (Å²) in [4.78, 5) is 23.7. The van der Waals surface area contributed by atoms with E-state index in [1.807, 2.05) is 0 Å². The van der Waals surface area contributed by atoms with Gasteiger partial charge in [0.25, 0.3) is 5.91 Å². The van der Waals surface area contributed by atoms with Gasteiger partial charge in [0.15, 0.2) is 0 Å². The number of hydrogen-bond acceptors (Lipinski definition) is 4. The summed E-state index contributed by atoms with van der Waals surface area (Å²) < 4.78 is 13.4. The van der Waals surface area contributed by atoms with Crippen molar-refractivity contribution in [3.8, 4) is 0 Å². The number of nitrogens with zero attached hydrogens (tertiary/aromatic N) is 1. The van der Waals surface area contributed by atoms with Crippen molar-refractivity contribution >= 4 is 5.91 Å². The van der Waals surface area contributed by atoms with Crippen LogP contribution in [-0.2, 0) is 5.60 Å². The maximum Gasteiger partial charge on any atom is 0.257 e. The van der Waals surface area contributed by atoms with E-state index < -0.39 is 16.9 Å². The van der Waals surface area contributed by atoms with Gasteiger partial charge in [-0.15, -0.1) is 0 Å². The first kappa shape index (κ1) is 16.3. The Morgan fingerprint density at radius 1 is 1.38 bits per heavy atom. The molecule has 1 fully saturated rings. The molecule has 0 aliphatic heterocycles. The van der Waals surface area contributed by atoms with Crippen molar-refractivity contribution in [2.24, 2.45) is 0 Å². The molecule has 0 bridgehead atoms. The minimum Gasteiger partial charge on any atom is -0.385 e. The molecule has 24 heavy (non-hydrogen) atoms. The van der Waals surface area contributed by atoms with Gasteiger partial charge < -0.3 is 10.4 Å². The fraction of sp³-hybridized carbons (Fsp3) is 0.353. The molecule has 1 aliphatic carbocycles. The first-order valence-corrected chi connectivity index (χ1v) is 7.80. The Morgan fingerprint density at radius 3 is 2.79 bits per heavy atom. The van der Waals surface area contributed by atoms with Gasteiger partial charge in [0, 0.05) is 12.2 Å². The Labute approximate surface area is 137 Å². The van der Waals surface area contributed by atoms with Gasteiger partial charge in [0.05, 0.1) is 11.8 Å². The van der Waals surface area contributed by atoms with Gasteiger partial charge in [0.1, 0.15) is 11.4 Å². The van der Waals surface area contributed by atoms with E-state index in [1.54, 1.807) is 12.1 Å². The predicted molar refractivity (Wildman–Crippen MR) is 84.9 cm³/mol. The summed E-state index contributed by atoms with van der Waals surface area (Å²) in [5, 5.41) is 19.6. The lowest BCUT2D eigenvalue weighted by molar-refractivity contribution is -0.00827. The third kappa shape index (κ3) is 3.35. The molecule has 3 N–H and O–H groups in total. The second-order valence-electron chi connectivity index (χ2n) is 6.10. The van der Waals surface area contributed by atoms with Crippen molar-refractivity contribution in [1.82, 2.24) is 15.5 Å². The Hall–Kier alpha value is -2.54. The Balaban J connectivity index is 1.64. The zero-order chi connectivity index (χ0) is 17.2. The van der Waals surface area contributed by atoms with Gasteiger partial charge in [-0.2, -0.15) is 5.10 Å². The number of H-pyrrole nitrogens is 1. The molecule has 126 valence electrons. The highest BCUT2D eigenvalue weighted by Crippen LogP contribution is 2.37. The Morgan fingerprint density at radius 2 is 2.12 bits per heavy atom. The summed E-state index contributed by atoms with van der Waals surface area (Å²) in [5.74, 6) is -0.840. The van der Waals surface area contributed by atoms with E-state index in [4.69, 9.17) is 0 Å².